The molecule has 15 heteroatoms. The molecule has 31 heavy (non-hydrogen) atoms. The lowest BCUT2D eigenvalue weighted by Gasteiger charge is -2.29. The summed E-state index contributed by atoms with van der Waals surface area (Å²) < 4.78 is 133. The molecule has 1 amide bonds. The third kappa shape index (κ3) is 4.55. The van der Waals surface area contributed by atoms with Gasteiger partial charge in [-0.15, -0.1) is 0 Å². The average molecular weight is 473 g/mol. The lowest BCUT2D eigenvalue weighted by atomic mass is 9.91. The topological polar surface area (TPSA) is 75.6 Å². The number of alkyl halides is 10. The highest BCUT2D eigenvalue weighted by atomic mass is 19.4. The van der Waals surface area contributed by atoms with E-state index in [2.05, 4.69) is 4.74 Å². The summed E-state index contributed by atoms with van der Waals surface area (Å²) in [5.41, 5.74) is -6.89. The van der Waals surface area contributed by atoms with Crippen molar-refractivity contribution in [2.75, 3.05) is 11.9 Å². The first kappa shape index (κ1) is 26.5. The Labute approximate surface area is 167 Å². The molecule has 0 spiro atoms. The van der Waals surface area contributed by atoms with E-state index < -0.39 is 65.1 Å². The van der Waals surface area contributed by atoms with Crippen LogP contribution >= 0.6 is 0 Å². The maximum Gasteiger partial charge on any atom is 0.460 e. The molecule has 0 radical (unpaired) electrons. The minimum atomic E-state index is -6.78. The number of hydrogen-bond donors (Lipinski definition) is 2. The minimum absolute atomic E-state index is 0.313. The van der Waals surface area contributed by atoms with Crippen molar-refractivity contribution in [3.63, 3.8) is 0 Å². The molecule has 2 N–H and O–H groups in total. The fourth-order valence-electron chi connectivity index (χ4n) is 2.18. The van der Waals surface area contributed by atoms with Crippen LogP contribution in [0.5, 0.6) is 0 Å². The van der Waals surface area contributed by atoms with E-state index in [1.54, 1.807) is 0 Å². The first-order chi connectivity index (χ1) is 13.7. The summed E-state index contributed by atoms with van der Waals surface area (Å²) in [6, 6.07) is 1.08. The van der Waals surface area contributed by atoms with Crippen LogP contribution in [-0.4, -0.2) is 47.8 Å². The number of hydrogen-bond acceptors (Lipinski definition) is 4. The first-order valence-electron chi connectivity index (χ1n) is 7.96. The standard InChI is InChI=1S/C16H13F10NO4/c1-3-31-11(29)12(30,15(21,22)23)8-4-5-9(7(2)6-8)27-10(28)13(17,18)14(19,20)16(24,25)26/h4-6,30H,3H2,1-2H3,(H,27,28)/t12-/m1/s1. The van der Waals surface area contributed by atoms with E-state index in [4.69, 9.17) is 0 Å². The van der Waals surface area contributed by atoms with E-state index in [9.17, 15) is 58.6 Å². The summed E-state index contributed by atoms with van der Waals surface area (Å²) in [5.74, 6) is -18.3. The fraction of sp³-hybridized carbons (Fsp3) is 0.500. The molecule has 1 aromatic rings. The van der Waals surface area contributed by atoms with Crippen LogP contribution in [0.2, 0.25) is 0 Å². The monoisotopic (exact) mass is 473 g/mol. The Kier molecular flexibility index (Phi) is 6.97. The molecule has 0 fully saturated rings. The zero-order valence-electron chi connectivity index (χ0n) is 15.4. The molecular formula is C16H13F10NO4. The number of amides is 1. The molecule has 0 bridgehead atoms. The molecule has 1 aromatic carbocycles. The van der Waals surface area contributed by atoms with Crippen LogP contribution in [0.4, 0.5) is 49.6 Å². The van der Waals surface area contributed by atoms with E-state index in [1.807, 2.05) is 0 Å². The molecule has 0 aliphatic heterocycles. The number of rotatable bonds is 6. The van der Waals surface area contributed by atoms with Crippen molar-refractivity contribution in [2.24, 2.45) is 0 Å². The predicted octanol–water partition coefficient (Wildman–Crippen LogP) is 4.08. The number of carbonyl (C=O) groups excluding carboxylic acids is 2. The number of ether oxygens (including phenoxy) is 1. The second-order valence-electron chi connectivity index (χ2n) is 6.06. The molecular weight excluding hydrogens is 460 g/mol. The largest absolute Gasteiger partial charge is 0.463 e. The molecule has 1 atom stereocenters. The molecule has 0 saturated heterocycles. The molecule has 0 aliphatic carbocycles. The van der Waals surface area contributed by atoms with Gasteiger partial charge >= 0.3 is 36.1 Å². The Bertz CT molecular complexity index is 850. The number of nitrogens with one attached hydrogen (secondary N) is 1. The number of esters is 1. The van der Waals surface area contributed by atoms with Gasteiger partial charge in [0.15, 0.2) is 0 Å². The van der Waals surface area contributed by atoms with Gasteiger partial charge in [0.2, 0.25) is 0 Å². The molecule has 0 aliphatic rings. The highest BCUT2D eigenvalue weighted by molar-refractivity contribution is 5.97. The Morgan fingerprint density at radius 1 is 0.968 bits per heavy atom. The smallest absolute Gasteiger partial charge is 0.460 e. The lowest BCUT2D eigenvalue weighted by Crippen LogP contribution is -2.57. The summed E-state index contributed by atoms with van der Waals surface area (Å²) in [6.45, 7) is 1.41. The molecule has 0 unspecified atom stereocenters. The Morgan fingerprint density at radius 2 is 1.48 bits per heavy atom. The number of halogens is 10. The second kappa shape index (κ2) is 8.16. The number of anilines is 1. The van der Waals surface area contributed by atoms with Gasteiger partial charge in [0.1, 0.15) is 0 Å². The van der Waals surface area contributed by atoms with Gasteiger partial charge in [-0.25, -0.2) is 4.79 Å². The predicted molar refractivity (Wildman–Crippen MR) is 82.3 cm³/mol. The van der Waals surface area contributed by atoms with Gasteiger partial charge < -0.3 is 15.2 Å². The van der Waals surface area contributed by atoms with Crippen molar-refractivity contribution < 1.29 is 63.3 Å². The highest BCUT2D eigenvalue weighted by Crippen LogP contribution is 2.47. The van der Waals surface area contributed by atoms with Crippen molar-refractivity contribution >= 4 is 17.6 Å². The number of aryl methyl sites for hydroxylation is 1. The van der Waals surface area contributed by atoms with Gasteiger partial charge in [-0.1, -0.05) is 12.1 Å². The minimum Gasteiger partial charge on any atom is -0.463 e. The van der Waals surface area contributed by atoms with E-state index >= 15 is 0 Å². The van der Waals surface area contributed by atoms with Crippen molar-refractivity contribution in [3.05, 3.63) is 29.3 Å². The summed E-state index contributed by atoms with van der Waals surface area (Å²) >= 11 is 0. The van der Waals surface area contributed by atoms with Crippen molar-refractivity contribution in [2.45, 2.75) is 43.6 Å². The van der Waals surface area contributed by atoms with Crippen molar-refractivity contribution in [1.29, 1.82) is 0 Å². The lowest BCUT2D eigenvalue weighted by molar-refractivity contribution is -0.343. The van der Waals surface area contributed by atoms with Gasteiger partial charge in [-0.05, 0) is 25.5 Å². The van der Waals surface area contributed by atoms with E-state index in [0.717, 1.165) is 19.2 Å². The Hall–Kier alpha value is -2.58. The second-order valence-corrected chi connectivity index (χ2v) is 6.06. The zero-order chi connectivity index (χ0) is 24.6. The molecule has 0 aromatic heterocycles. The fourth-order valence-corrected chi connectivity index (χ4v) is 2.18. The number of carbonyl (C=O) groups is 2. The SMILES string of the molecule is CCOC(=O)[C@](O)(c1ccc(NC(=O)C(F)(F)C(F)(F)C(F)(F)F)c(C)c1)C(F)(F)F. The van der Waals surface area contributed by atoms with Gasteiger partial charge in [0.25, 0.3) is 5.60 Å². The third-order valence-corrected chi connectivity index (χ3v) is 3.91. The van der Waals surface area contributed by atoms with Crippen LogP contribution < -0.4 is 5.32 Å². The average Bonchev–Trinajstić information content (AvgIpc) is 2.60. The molecule has 176 valence electrons. The summed E-state index contributed by atoms with van der Waals surface area (Å²) in [4.78, 5) is 23.0. The zero-order valence-corrected chi connectivity index (χ0v) is 15.4. The quantitative estimate of drug-likeness (QED) is 0.483. The molecule has 5 nitrogen and oxygen atoms in total. The summed E-state index contributed by atoms with van der Waals surface area (Å²) in [6.07, 6.45) is -12.4. The van der Waals surface area contributed by atoms with Gasteiger partial charge in [0, 0.05) is 11.3 Å². The molecule has 0 saturated carbocycles. The van der Waals surface area contributed by atoms with Crippen LogP contribution in [0.1, 0.15) is 18.1 Å². The van der Waals surface area contributed by atoms with Crippen LogP contribution in [-0.2, 0) is 19.9 Å². The van der Waals surface area contributed by atoms with Crippen molar-refractivity contribution in [1.82, 2.24) is 0 Å². The normalized spacial score (nSPS) is 15.3. The van der Waals surface area contributed by atoms with Crippen LogP contribution in [0.25, 0.3) is 0 Å². The van der Waals surface area contributed by atoms with E-state index in [1.165, 1.54) is 0 Å². The van der Waals surface area contributed by atoms with E-state index in [0.29, 0.717) is 18.2 Å². The number of aliphatic hydroxyl groups is 1. The number of benzene rings is 1. The molecule has 0 heterocycles. The summed E-state index contributed by atoms with van der Waals surface area (Å²) in [7, 11) is 0. The van der Waals surface area contributed by atoms with Gasteiger partial charge in [0.05, 0.1) is 6.61 Å². The first-order valence-corrected chi connectivity index (χ1v) is 7.96. The molecule has 1 rings (SSSR count). The maximum absolute atomic E-state index is 13.4. The van der Waals surface area contributed by atoms with Gasteiger partial charge in [-0.3, -0.25) is 4.79 Å². The Morgan fingerprint density at radius 3 is 1.87 bits per heavy atom. The third-order valence-electron chi connectivity index (χ3n) is 3.91. The maximum atomic E-state index is 13.4. The summed E-state index contributed by atoms with van der Waals surface area (Å²) in [5, 5.41) is 11.0. The van der Waals surface area contributed by atoms with Crippen LogP contribution in [0.3, 0.4) is 0 Å². The van der Waals surface area contributed by atoms with Gasteiger partial charge in [-0.2, -0.15) is 43.9 Å². The van der Waals surface area contributed by atoms with Crippen LogP contribution in [0.15, 0.2) is 18.2 Å². The van der Waals surface area contributed by atoms with Crippen molar-refractivity contribution in [3.8, 4) is 0 Å². The Balaban J connectivity index is 3.35. The van der Waals surface area contributed by atoms with E-state index in [-0.39, 0.29) is 0 Å². The highest BCUT2D eigenvalue weighted by Gasteiger charge is 2.76. The van der Waals surface area contributed by atoms with Crippen LogP contribution in [0, 0.1) is 6.92 Å².